The molecule has 0 radical (unpaired) electrons. The van der Waals surface area contributed by atoms with Crippen LogP contribution in [0.3, 0.4) is 0 Å². The van der Waals surface area contributed by atoms with Gasteiger partial charge in [-0.2, -0.15) is 8.62 Å². The predicted molar refractivity (Wildman–Crippen MR) is 105 cm³/mol. The molecule has 21 heteroatoms. The first kappa shape index (κ1) is 26.2. The molecule has 1 aliphatic heterocycles. The van der Waals surface area contributed by atoms with Crippen molar-refractivity contribution in [2.45, 2.75) is 44.0 Å². The molecule has 1 aliphatic rings. The molecule has 0 bridgehead atoms. The summed E-state index contributed by atoms with van der Waals surface area (Å²) in [5, 5.41) is 21.4. The molecule has 2 aromatic rings. The second-order valence-electron chi connectivity index (χ2n) is 7.11. The van der Waals surface area contributed by atoms with E-state index < -0.39 is 53.6 Å². The van der Waals surface area contributed by atoms with E-state index in [2.05, 4.69) is 28.1 Å². The number of anilines is 1. The highest BCUT2D eigenvalue weighted by Gasteiger charge is 2.56. The van der Waals surface area contributed by atoms with E-state index in [1.807, 2.05) is 0 Å². The zero-order chi connectivity index (χ0) is 25.0. The van der Waals surface area contributed by atoms with Gasteiger partial charge in [0, 0.05) is 0 Å². The van der Waals surface area contributed by atoms with Crippen molar-refractivity contribution in [3.63, 3.8) is 0 Å². The number of aliphatic hydroxyl groups excluding tert-OH is 1. The smallest absolute Gasteiger partial charge is 0.387 e. The quantitative estimate of drug-likeness (QED) is 0.203. The first-order valence-electron chi connectivity index (χ1n) is 8.74. The van der Waals surface area contributed by atoms with Gasteiger partial charge in [-0.1, -0.05) is 0 Å². The van der Waals surface area contributed by atoms with Crippen LogP contribution in [-0.4, -0.2) is 73.2 Å². The van der Waals surface area contributed by atoms with Crippen LogP contribution in [0, 0.1) is 0 Å². The Labute approximate surface area is 184 Å². The molecule has 7 atom stereocenters. The number of nitrogens with two attached hydrogens (primary N) is 1. The van der Waals surface area contributed by atoms with Crippen LogP contribution < -0.4 is 5.73 Å². The van der Waals surface area contributed by atoms with E-state index in [0.717, 1.165) is 13.3 Å². The van der Waals surface area contributed by atoms with Crippen LogP contribution >= 0.6 is 23.5 Å². The Morgan fingerprint density at radius 1 is 1.15 bits per heavy atom. The summed E-state index contributed by atoms with van der Waals surface area (Å²) >= 11 is 0. The third kappa shape index (κ3) is 5.66. The molecule has 2 aromatic heterocycles. The van der Waals surface area contributed by atoms with Gasteiger partial charge >= 0.3 is 23.5 Å². The fraction of sp³-hybridized carbons (Fsp3) is 0.583. The molecule has 3 rings (SSSR count). The standard InChI is InChI=1S/C12H20N5O13P3/c1-5(28-32(23,24)30-33(25,26)29-31(20,21)22)7-8(18)12(2,19)11(27-7)17-4-16-6-9(13)14-3-15-10(6)17/h3-5,7-8,11,18-19H,1-2H3,(H,23,24)(H,25,26)(H2,13,14,15)(H2,20,21,22)/t5-,7?,8?,11?,12-/m1/s1. The fourth-order valence-electron chi connectivity index (χ4n) is 3.16. The molecule has 1 saturated heterocycles. The van der Waals surface area contributed by atoms with Crippen molar-refractivity contribution in [1.29, 1.82) is 0 Å². The molecule has 8 N–H and O–H groups in total. The summed E-state index contributed by atoms with van der Waals surface area (Å²) in [6.45, 7) is 2.28. The van der Waals surface area contributed by atoms with Crippen molar-refractivity contribution in [3.8, 4) is 0 Å². The van der Waals surface area contributed by atoms with Crippen molar-refractivity contribution < 1.29 is 61.4 Å². The normalized spacial score (nSPS) is 30.7. The summed E-state index contributed by atoms with van der Waals surface area (Å²) in [4.78, 5) is 47.9. The van der Waals surface area contributed by atoms with Gasteiger partial charge in [0.2, 0.25) is 0 Å². The van der Waals surface area contributed by atoms with Crippen LogP contribution in [0.5, 0.6) is 0 Å². The fourth-order valence-corrected chi connectivity index (χ4v) is 6.37. The van der Waals surface area contributed by atoms with Crippen molar-refractivity contribution in [2.75, 3.05) is 5.73 Å². The molecule has 3 heterocycles. The maximum Gasteiger partial charge on any atom is 0.490 e. The number of imidazole rings is 1. The van der Waals surface area contributed by atoms with E-state index in [0.29, 0.717) is 0 Å². The zero-order valence-electron chi connectivity index (χ0n) is 16.7. The molecule has 186 valence electrons. The van der Waals surface area contributed by atoms with E-state index in [-0.39, 0.29) is 17.0 Å². The second-order valence-corrected chi connectivity index (χ2v) is 11.5. The van der Waals surface area contributed by atoms with Gasteiger partial charge < -0.3 is 40.3 Å². The Bertz CT molecular complexity index is 1180. The van der Waals surface area contributed by atoms with Gasteiger partial charge in [-0.25, -0.2) is 28.6 Å². The number of aliphatic hydroxyl groups is 2. The number of nitrogens with zero attached hydrogens (tertiary/aromatic N) is 4. The minimum Gasteiger partial charge on any atom is -0.387 e. The van der Waals surface area contributed by atoms with E-state index in [1.54, 1.807) is 0 Å². The number of phosphoric ester groups is 1. The van der Waals surface area contributed by atoms with Crippen LogP contribution in [0.1, 0.15) is 20.1 Å². The molecule has 18 nitrogen and oxygen atoms in total. The number of rotatable bonds is 8. The number of aromatic nitrogens is 4. The number of ether oxygens (including phenoxy) is 1. The largest absolute Gasteiger partial charge is 0.490 e. The number of fused-ring (bicyclic) bond motifs is 1. The van der Waals surface area contributed by atoms with Crippen molar-refractivity contribution in [1.82, 2.24) is 19.5 Å². The summed E-state index contributed by atoms with van der Waals surface area (Å²) < 4.78 is 53.1. The third-order valence-electron chi connectivity index (χ3n) is 4.51. The Morgan fingerprint density at radius 3 is 2.39 bits per heavy atom. The molecule has 0 amide bonds. The van der Waals surface area contributed by atoms with Crippen molar-refractivity contribution in [2.24, 2.45) is 0 Å². The van der Waals surface area contributed by atoms with Crippen molar-refractivity contribution in [3.05, 3.63) is 12.7 Å². The lowest BCUT2D eigenvalue weighted by Gasteiger charge is -2.28. The van der Waals surface area contributed by atoms with Crippen LogP contribution in [0.25, 0.3) is 11.2 Å². The molecule has 0 saturated carbocycles. The number of hydrogen-bond donors (Lipinski definition) is 7. The Morgan fingerprint density at radius 2 is 1.79 bits per heavy atom. The van der Waals surface area contributed by atoms with E-state index in [4.69, 9.17) is 20.3 Å². The monoisotopic (exact) mass is 535 g/mol. The zero-order valence-corrected chi connectivity index (χ0v) is 19.4. The topological polar surface area (TPSA) is 279 Å². The Kier molecular flexibility index (Phi) is 6.92. The van der Waals surface area contributed by atoms with Gasteiger partial charge in [0.1, 0.15) is 29.7 Å². The van der Waals surface area contributed by atoms with E-state index in [1.165, 1.54) is 17.8 Å². The van der Waals surface area contributed by atoms with Crippen LogP contribution in [0.15, 0.2) is 12.7 Å². The van der Waals surface area contributed by atoms with E-state index in [9.17, 15) is 33.7 Å². The van der Waals surface area contributed by atoms with Gasteiger partial charge in [-0.05, 0) is 13.8 Å². The average molecular weight is 535 g/mol. The third-order valence-corrected chi connectivity index (χ3v) is 8.44. The van der Waals surface area contributed by atoms with Crippen LogP contribution in [0.4, 0.5) is 5.82 Å². The highest BCUT2D eigenvalue weighted by Crippen LogP contribution is 2.66. The summed E-state index contributed by atoms with van der Waals surface area (Å²) in [7, 11) is -16.8. The minimum atomic E-state index is -5.74. The van der Waals surface area contributed by atoms with Crippen LogP contribution in [-0.2, 0) is 31.6 Å². The molecular weight excluding hydrogens is 515 g/mol. The van der Waals surface area contributed by atoms with Gasteiger partial charge in [-0.3, -0.25) is 9.09 Å². The number of hydrogen-bond acceptors (Lipinski definition) is 13. The first-order valence-corrected chi connectivity index (χ1v) is 13.3. The maximum atomic E-state index is 12.1. The van der Waals surface area contributed by atoms with Gasteiger partial charge in [0.15, 0.2) is 17.7 Å². The summed E-state index contributed by atoms with van der Waals surface area (Å²) in [5.41, 5.74) is 4.00. The van der Waals surface area contributed by atoms with Gasteiger partial charge in [-0.15, -0.1) is 0 Å². The molecule has 33 heavy (non-hydrogen) atoms. The molecular formula is C12H20N5O13P3. The lowest BCUT2D eigenvalue weighted by atomic mass is 9.94. The molecule has 1 fully saturated rings. The molecule has 0 spiro atoms. The van der Waals surface area contributed by atoms with Gasteiger partial charge in [0.05, 0.1) is 12.4 Å². The Balaban J connectivity index is 1.81. The number of nitrogen functional groups attached to an aromatic ring is 1. The maximum absolute atomic E-state index is 12.1. The van der Waals surface area contributed by atoms with Crippen LogP contribution in [0.2, 0.25) is 0 Å². The lowest BCUT2D eigenvalue weighted by molar-refractivity contribution is -0.0981. The predicted octanol–water partition coefficient (Wildman–Crippen LogP) is -0.850. The minimum absolute atomic E-state index is 0.0366. The SMILES string of the molecule is C[C@@H](OP(=O)(O)OP(=O)(O)OP(=O)(O)O)C1OC(n2cnc3c(N)ncnc32)[C@](C)(O)C1O. The number of phosphoric acid groups is 3. The highest BCUT2D eigenvalue weighted by molar-refractivity contribution is 7.66. The average Bonchev–Trinajstić information content (AvgIpc) is 3.11. The summed E-state index contributed by atoms with van der Waals surface area (Å²) in [5.74, 6) is 0.0366. The van der Waals surface area contributed by atoms with Crippen molar-refractivity contribution >= 4 is 40.4 Å². The first-order chi connectivity index (χ1) is 14.9. The van der Waals surface area contributed by atoms with Gasteiger partial charge in [0.25, 0.3) is 0 Å². The Hall–Kier alpha value is -1.36. The molecule has 0 aliphatic carbocycles. The second kappa shape index (κ2) is 8.70. The highest BCUT2D eigenvalue weighted by atomic mass is 31.3. The summed E-state index contributed by atoms with van der Waals surface area (Å²) in [6, 6.07) is 0. The molecule has 0 aromatic carbocycles. The summed E-state index contributed by atoms with van der Waals surface area (Å²) in [6.07, 6.45) is -3.88. The lowest BCUT2D eigenvalue weighted by Crippen LogP contribution is -2.46. The molecule has 5 unspecified atom stereocenters. The van der Waals surface area contributed by atoms with E-state index >= 15 is 0 Å².